The van der Waals surface area contributed by atoms with Crippen molar-refractivity contribution in [3.63, 3.8) is 0 Å². The summed E-state index contributed by atoms with van der Waals surface area (Å²) in [6.45, 7) is 0. The zero-order valence-corrected chi connectivity index (χ0v) is 10.9. The van der Waals surface area contributed by atoms with E-state index >= 15 is 0 Å². The number of hydrogen-bond donors (Lipinski definition) is 2. The first-order valence-corrected chi connectivity index (χ1v) is 6.26. The second-order valence-corrected chi connectivity index (χ2v) is 4.93. The third-order valence-corrected chi connectivity index (χ3v) is 3.25. The van der Waals surface area contributed by atoms with E-state index < -0.39 is 5.82 Å². The van der Waals surface area contributed by atoms with Crippen LogP contribution in [0.15, 0.2) is 40.0 Å². The van der Waals surface area contributed by atoms with E-state index in [1.54, 1.807) is 18.3 Å². The van der Waals surface area contributed by atoms with Gasteiger partial charge >= 0.3 is 0 Å². The number of benzene rings is 1. The lowest BCUT2D eigenvalue weighted by molar-refractivity contribution is 0.632. The van der Waals surface area contributed by atoms with Gasteiger partial charge in [-0.25, -0.2) is 4.39 Å². The standard InChI is InChI=1S/C11H7BrFN3S/c12-11-4-8(6-15-11)17-16-10-2-1-7(5-14)3-9(10)13/h1-4,6,15-16H. The van der Waals surface area contributed by atoms with E-state index in [9.17, 15) is 4.39 Å². The van der Waals surface area contributed by atoms with Crippen molar-refractivity contribution in [3.05, 3.63) is 46.4 Å². The van der Waals surface area contributed by atoms with Crippen LogP contribution in [0.5, 0.6) is 0 Å². The lowest BCUT2D eigenvalue weighted by Crippen LogP contribution is -1.91. The van der Waals surface area contributed by atoms with Crippen molar-refractivity contribution in [2.24, 2.45) is 0 Å². The molecule has 17 heavy (non-hydrogen) atoms. The topological polar surface area (TPSA) is 51.6 Å². The average Bonchev–Trinajstić information content (AvgIpc) is 2.73. The van der Waals surface area contributed by atoms with Gasteiger partial charge in [-0.05, 0) is 52.1 Å². The third-order valence-electron chi connectivity index (χ3n) is 2.00. The Morgan fingerprint density at radius 1 is 1.41 bits per heavy atom. The van der Waals surface area contributed by atoms with E-state index in [-0.39, 0.29) is 0 Å². The van der Waals surface area contributed by atoms with E-state index in [4.69, 9.17) is 5.26 Å². The normalized spacial score (nSPS) is 9.94. The summed E-state index contributed by atoms with van der Waals surface area (Å²) in [5, 5.41) is 8.61. The van der Waals surface area contributed by atoms with Gasteiger partial charge in [-0.1, -0.05) is 0 Å². The molecule has 0 saturated heterocycles. The SMILES string of the molecule is N#Cc1ccc(NSc2c[nH]c(Br)c2)c(F)c1. The molecule has 2 N–H and O–H groups in total. The summed E-state index contributed by atoms with van der Waals surface area (Å²) in [5.41, 5.74) is 0.661. The number of anilines is 1. The minimum Gasteiger partial charge on any atom is -0.355 e. The summed E-state index contributed by atoms with van der Waals surface area (Å²) in [5.74, 6) is -0.439. The fourth-order valence-corrected chi connectivity index (χ4v) is 2.39. The number of nitrogens with one attached hydrogen (secondary N) is 2. The lowest BCUT2D eigenvalue weighted by atomic mass is 10.2. The Morgan fingerprint density at radius 3 is 2.82 bits per heavy atom. The van der Waals surface area contributed by atoms with Crippen LogP contribution in [0, 0.1) is 17.1 Å². The molecule has 1 aromatic carbocycles. The highest BCUT2D eigenvalue weighted by Crippen LogP contribution is 2.25. The van der Waals surface area contributed by atoms with E-state index in [1.807, 2.05) is 12.1 Å². The fourth-order valence-electron chi connectivity index (χ4n) is 1.19. The van der Waals surface area contributed by atoms with Gasteiger partial charge in [0.05, 0.1) is 21.9 Å². The number of rotatable bonds is 3. The van der Waals surface area contributed by atoms with Crippen LogP contribution in [-0.4, -0.2) is 4.98 Å². The highest BCUT2D eigenvalue weighted by molar-refractivity contribution is 9.10. The van der Waals surface area contributed by atoms with Crippen LogP contribution in [0.1, 0.15) is 5.56 Å². The van der Waals surface area contributed by atoms with Crippen LogP contribution in [0.4, 0.5) is 10.1 Å². The number of nitriles is 1. The van der Waals surface area contributed by atoms with Gasteiger partial charge in [0.15, 0.2) is 0 Å². The molecule has 6 heteroatoms. The number of nitrogens with zero attached hydrogens (tertiary/aromatic N) is 1. The minimum absolute atomic E-state index is 0.308. The van der Waals surface area contributed by atoms with Gasteiger partial charge in [-0.15, -0.1) is 0 Å². The molecule has 0 unspecified atom stereocenters. The Hall–Kier alpha value is -1.45. The summed E-state index contributed by atoms with van der Waals surface area (Å²) in [4.78, 5) is 3.89. The van der Waals surface area contributed by atoms with E-state index in [0.717, 1.165) is 9.50 Å². The Kier molecular flexibility index (Phi) is 3.71. The second-order valence-electron chi connectivity index (χ2n) is 3.19. The van der Waals surface area contributed by atoms with Crippen molar-refractivity contribution in [2.45, 2.75) is 4.90 Å². The molecule has 1 heterocycles. The summed E-state index contributed by atoms with van der Waals surface area (Å²) in [7, 11) is 0. The van der Waals surface area contributed by atoms with Crippen LogP contribution in [0.2, 0.25) is 0 Å². The molecule has 0 radical (unpaired) electrons. The summed E-state index contributed by atoms with van der Waals surface area (Å²) < 4.78 is 17.2. The van der Waals surface area contributed by atoms with E-state index in [1.165, 1.54) is 18.0 Å². The van der Waals surface area contributed by atoms with Crippen molar-refractivity contribution in [1.82, 2.24) is 4.98 Å². The Bertz CT molecular complexity index is 576. The zero-order valence-electron chi connectivity index (χ0n) is 8.50. The zero-order chi connectivity index (χ0) is 12.3. The molecule has 1 aromatic heterocycles. The van der Waals surface area contributed by atoms with Gasteiger partial charge in [0.2, 0.25) is 0 Å². The molecule has 0 fully saturated rings. The van der Waals surface area contributed by atoms with Crippen LogP contribution in [-0.2, 0) is 0 Å². The van der Waals surface area contributed by atoms with E-state index in [0.29, 0.717) is 11.3 Å². The molecule has 86 valence electrons. The van der Waals surface area contributed by atoms with Crippen molar-refractivity contribution in [1.29, 1.82) is 5.26 Å². The molecule has 0 aliphatic carbocycles. The van der Waals surface area contributed by atoms with Gasteiger partial charge in [0.25, 0.3) is 0 Å². The smallest absolute Gasteiger partial charge is 0.148 e. The predicted octanol–water partition coefficient (Wildman–Crippen LogP) is 3.91. The summed E-state index contributed by atoms with van der Waals surface area (Å²) in [6, 6.07) is 8.08. The fraction of sp³-hybridized carbons (Fsp3) is 0. The lowest BCUT2D eigenvalue weighted by Gasteiger charge is -2.04. The van der Waals surface area contributed by atoms with Crippen LogP contribution < -0.4 is 4.72 Å². The number of halogens is 2. The Labute approximate surface area is 110 Å². The molecule has 0 spiro atoms. The molecular formula is C11H7BrFN3S. The van der Waals surface area contributed by atoms with Gasteiger partial charge in [-0.2, -0.15) is 5.26 Å². The first-order chi connectivity index (χ1) is 8.19. The van der Waals surface area contributed by atoms with Crippen molar-refractivity contribution in [2.75, 3.05) is 4.72 Å². The van der Waals surface area contributed by atoms with Crippen molar-refractivity contribution < 1.29 is 4.39 Å². The Balaban J connectivity index is 2.07. The summed E-state index contributed by atoms with van der Waals surface area (Å²) in [6.07, 6.45) is 1.79. The number of H-pyrrole nitrogens is 1. The average molecular weight is 312 g/mol. The maximum Gasteiger partial charge on any atom is 0.148 e. The second kappa shape index (κ2) is 5.25. The molecule has 3 nitrogen and oxygen atoms in total. The maximum absolute atomic E-state index is 13.5. The Morgan fingerprint density at radius 2 is 2.24 bits per heavy atom. The highest BCUT2D eigenvalue weighted by atomic mass is 79.9. The van der Waals surface area contributed by atoms with Gasteiger partial charge in [0, 0.05) is 11.1 Å². The number of hydrogen-bond acceptors (Lipinski definition) is 3. The molecule has 0 aliphatic rings. The highest BCUT2D eigenvalue weighted by Gasteiger charge is 2.04. The third kappa shape index (κ3) is 3.02. The van der Waals surface area contributed by atoms with Crippen molar-refractivity contribution in [3.8, 4) is 6.07 Å². The maximum atomic E-state index is 13.5. The van der Waals surface area contributed by atoms with E-state index in [2.05, 4.69) is 25.6 Å². The van der Waals surface area contributed by atoms with Gasteiger partial charge in [0.1, 0.15) is 5.82 Å². The van der Waals surface area contributed by atoms with Crippen molar-refractivity contribution >= 4 is 33.6 Å². The predicted molar refractivity (Wildman–Crippen MR) is 69.1 cm³/mol. The molecular weight excluding hydrogens is 305 g/mol. The monoisotopic (exact) mass is 311 g/mol. The summed E-state index contributed by atoms with van der Waals surface area (Å²) >= 11 is 4.57. The van der Waals surface area contributed by atoms with Crippen LogP contribution >= 0.6 is 27.9 Å². The van der Waals surface area contributed by atoms with Crippen LogP contribution in [0.25, 0.3) is 0 Å². The molecule has 0 bridgehead atoms. The molecule has 0 amide bonds. The minimum atomic E-state index is -0.439. The largest absolute Gasteiger partial charge is 0.355 e. The quantitative estimate of drug-likeness (QED) is 0.845. The molecule has 2 rings (SSSR count). The molecule has 0 aliphatic heterocycles. The van der Waals surface area contributed by atoms with Crippen LogP contribution in [0.3, 0.4) is 0 Å². The number of aromatic nitrogens is 1. The molecule has 2 aromatic rings. The number of aromatic amines is 1. The first kappa shape index (κ1) is 12.0. The van der Waals surface area contributed by atoms with Gasteiger partial charge in [-0.3, -0.25) is 0 Å². The first-order valence-electron chi connectivity index (χ1n) is 4.65. The van der Waals surface area contributed by atoms with Gasteiger partial charge < -0.3 is 9.71 Å². The molecule has 0 saturated carbocycles. The molecule has 0 atom stereocenters.